The molecule has 3 rings (SSSR count). The summed E-state index contributed by atoms with van der Waals surface area (Å²) in [5.74, 6) is 1.47. The number of pyridine rings is 1. The highest BCUT2D eigenvalue weighted by molar-refractivity contribution is 6.30. The predicted octanol–water partition coefficient (Wildman–Crippen LogP) is 4.50. The number of benzene rings is 2. The van der Waals surface area contributed by atoms with Gasteiger partial charge in [-0.25, -0.2) is 4.98 Å². The van der Waals surface area contributed by atoms with E-state index in [1.807, 2.05) is 30.3 Å². The number of halogens is 1. The summed E-state index contributed by atoms with van der Waals surface area (Å²) in [4.78, 5) is 16.2. The van der Waals surface area contributed by atoms with Crippen molar-refractivity contribution < 1.29 is 14.3 Å². The van der Waals surface area contributed by atoms with Gasteiger partial charge in [-0.05, 0) is 48.5 Å². The zero-order valence-electron chi connectivity index (χ0n) is 14.6. The van der Waals surface area contributed by atoms with Crippen molar-refractivity contribution in [3.63, 3.8) is 0 Å². The Labute approximate surface area is 162 Å². The number of anilines is 3. The van der Waals surface area contributed by atoms with Crippen molar-refractivity contribution >= 4 is 34.7 Å². The first-order valence-corrected chi connectivity index (χ1v) is 8.55. The Kier molecular flexibility index (Phi) is 6.12. The number of carbonyl (C=O) groups excluding carboxylic acids is 1. The second-order valence-corrected chi connectivity index (χ2v) is 6.02. The van der Waals surface area contributed by atoms with E-state index in [0.29, 0.717) is 16.6 Å². The Hall–Kier alpha value is -3.25. The summed E-state index contributed by atoms with van der Waals surface area (Å²) < 4.78 is 10.6. The van der Waals surface area contributed by atoms with E-state index < -0.39 is 0 Å². The molecule has 0 aliphatic rings. The maximum atomic E-state index is 12.0. The molecule has 27 heavy (non-hydrogen) atoms. The zero-order chi connectivity index (χ0) is 19.1. The molecule has 0 bridgehead atoms. The molecule has 0 saturated carbocycles. The molecule has 0 radical (unpaired) electrons. The van der Waals surface area contributed by atoms with Gasteiger partial charge in [-0.15, -0.1) is 0 Å². The third kappa shape index (κ3) is 5.62. The molecule has 2 N–H and O–H groups in total. The fourth-order valence-corrected chi connectivity index (χ4v) is 2.39. The SMILES string of the molecule is COc1cccc(Nc2ccc(NC(=O)COc3ccc(Cl)cc3)nc2)c1. The number of nitrogens with zero attached hydrogens (tertiary/aromatic N) is 1. The third-order valence-corrected chi connectivity index (χ3v) is 3.82. The number of nitrogens with one attached hydrogen (secondary N) is 2. The van der Waals surface area contributed by atoms with Crippen LogP contribution in [0.3, 0.4) is 0 Å². The highest BCUT2D eigenvalue weighted by Gasteiger charge is 2.05. The molecule has 1 aromatic heterocycles. The van der Waals surface area contributed by atoms with Crippen LogP contribution >= 0.6 is 11.6 Å². The first-order valence-electron chi connectivity index (χ1n) is 8.18. The fourth-order valence-electron chi connectivity index (χ4n) is 2.27. The Balaban J connectivity index is 1.52. The second-order valence-electron chi connectivity index (χ2n) is 5.58. The van der Waals surface area contributed by atoms with Gasteiger partial charge in [0.1, 0.15) is 17.3 Å². The van der Waals surface area contributed by atoms with Crippen LogP contribution in [0.4, 0.5) is 17.2 Å². The van der Waals surface area contributed by atoms with Crippen LogP contribution in [0.5, 0.6) is 11.5 Å². The van der Waals surface area contributed by atoms with Crippen molar-refractivity contribution in [2.24, 2.45) is 0 Å². The quantitative estimate of drug-likeness (QED) is 0.628. The van der Waals surface area contributed by atoms with Crippen molar-refractivity contribution in [3.8, 4) is 11.5 Å². The molecule has 0 atom stereocenters. The van der Waals surface area contributed by atoms with Crippen LogP contribution in [0.1, 0.15) is 0 Å². The van der Waals surface area contributed by atoms with Crippen LogP contribution in [-0.2, 0) is 4.79 Å². The van der Waals surface area contributed by atoms with E-state index >= 15 is 0 Å². The summed E-state index contributed by atoms with van der Waals surface area (Å²) in [5.41, 5.74) is 1.67. The maximum Gasteiger partial charge on any atom is 0.263 e. The molecule has 0 spiro atoms. The lowest BCUT2D eigenvalue weighted by Gasteiger charge is -2.09. The number of aromatic nitrogens is 1. The van der Waals surface area contributed by atoms with Crippen molar-refractivity contribution in [2.45, 2.75) is 0 Å². The standard InChI is InChI=1S/C20H18ClN3O3/c1-26-18-4-2-3-15(11-18)23-16-7-10-19(22-12-16)24-20(25)13-27-17-8-5-14(21)6-9-17/h2-12,23H,13H2,1H3,(H,22,24,25). The van der Waals surface area contributed by atoms with E-state index in [9.17, 15) is 4.79 Å². The Morgan fingerprint density at radius 3 is 2.56 bits per heavy atom. The third-order valence-electron chi connectivity index (χ3n) is 3.57. The molecule has 138 valence electrons. The average molecular weight is 384 g/mol. The molecule has 7 heteroatoms. The molecule has 0 aliphatic heterocycles. The maximum absolute atomic E-state index is 12.0. The lowest BCUT2D eigenvalue weighted by molar-refractivity contribution is -0.118. The molecule has 1 heterocycles. The van der Waals surface area contributed by atoms with E-state index in [-0.39, 0.29) is 12.5 Å². The lowest BCUT2D eigenvalue weighted by atomic mass is 10.3. The molecular formula is C20H18ClN3O3. The molecular weight excluding hydrogens is 366 g/mol. The zero-order valence-corrected chi connectivity index (χ0v) is 15.4. The van der Waals surface area contributed by atoms with Gasteiger partial charge in [0.25, 0.3) is 5.91 Å². The molecule has 0 aliphatic carbocycles. The van der Waals surface area contributed by atoms with Crippen LogP contribution < -0.4 is 20.1 Å². The van der Waals surface area contributed by atoms with Gasteiger partial charge in [0.15, 0.2) is 6.61 Å². The first kappa shape index (κ1) is 18.5. The van der Waals surface area contributed by atoms with Gasteiger partial charge in [-0.1, -0.05) is 17.7 Å². The summed E-state index contributed by atoms with van der Waals surface area (Å²) in [7, 11) is 1.62. The van der Waals surface area contributed by atoms with Crippen LogP contribution in [0.2, 0.25) is 5.02 Å². The summed E-state index contributed by atoms with van der Waals surface area (Å²) in [6.07, 6.45) is 1.63. The highest BCUT2D eigenvalue weighted by Crippen LogP contribution is 2.21. The molecule has 0 unspecified atom stereocenters. The van der Waals surface area contributed by atoms with E-state index in [1.165, 1.54) is 0 Å². The topological polar surface area (TPSA) is 72.5 Å². The Morgan fingerprint density at radius 2 is 1.85 bits per heavy atom. The van der Waals surface area contributed by atoms with E-state index in [0.717, 1.165) is 17.1 Å². The van der Waals surface area contributed by atoms with Crippen LogP contribution in [0, 0.1) is 0 Å². The second kappa shape index (κ2) is 8.91. The van der Waals surface area contributed by atoms with Crippen molar-refractivity contribution in [2.75, 3.05) is 24.4 Å². The molecule has 0 saturated heterocycles. The van der Waals surface area contributed by atoms with Crippen LogP contribution in [-0.4, -0.2) is 24.6 Å². The molecule has 2 aromatic carbocycles. The van der Waals surface area contributed by atoms with E-state index in [2.05, 4.69) is 15.6 Å². The summed E-state index contributed by atoms with van der Waals surface area (Å²) in [6.45, 7) is -0.118. The number of methoxy groups -OCH3 is 1. The largest absolute Gasteiger partial charge is 0.497 e. The predicted molar refractivity (Wildman–Crippen MR) is 106 cm³/mol. The smallest absolute Gasteiger partial charge is 0.263 e. The van der Waals surface area contributed by atoms with Gasteiger partial charge in [0.2, 0.25) is 0 Å². The van der Waals surface area contributed by atoms with Crippen LogP contribution in [0.15, 0.2) is 66.9 Å². The fraction of sp³-hybridized carbons (Fsp3) is 0.100. The summed E-state index contributed by atoms with van der Waals surface area (Å²) in [6, 6.07) is 17.9. The van der Waals surface area contributed by atoms with Gasteiger partial charge in [0.05, 0.1) is 19.0 Å². The number of ether oxygens (including phenoxy) is 2. The molecule has 3 aromatic rings. The Bertz CT molecular complexity index is 899. The number of rotatable bonds is 7. The monoisotopic (exact) mass is 383 g/mol. The summed E-state index contributed by atoms with van der Waals surface area (Å²) in [5, 5.41) is 6.51. The number of hydrogen-bond acceptors (Lipinski definition) is 5. The summed E-state index contributed by atoms with van der Waals surface area (Å²) >= 11 is 5.81. The lowest BCUT2D eigenvalue weighted by Crippen LogP contribution is -2.20. The molecule has 6 nitrogen and oxygen atoms in total. The van der Waals surface area contributed by atoms with Crippen LogP contribution in [0.25, 0.3) is 0 Å². The van der Waals surface area contributed by atoms with Gasteiger partial charge in [-0.2, -0.15) is 0 Å². The van der Waals surface area contributed by atoms with Crippen molar-refractivity contribution in [3.05, 3.63) is 71.9 Å². The number of amides is 1. The highest BCUT2D eigenvalue weighted by atomic mass is 35.5. The van der Waals surface area contributed by atoms with Gasteiger partial charge in [0, 0.05) is 16.8 Å². The average Bonchev–Trinajstić information content (AvgIpc) is 2.69. The Morgan fingerprint density at radius 1 is 1.04 bits per heavy atom. The normalized spacial score (nSPS) is 10.1. The molecule has 1 amide bonds. The van der Waals surface area contributed by atoms with E-state index in [4.69, 9.17) is 21.1 Å². The van der Waals surface area contributed by atoms with Gasteiger partial charge >= 0.3 is 0 Å². The minimum atomic E-state index is -0.300. The first-order chi connectivity index (χ1) is 13.1. The molecule has 0 fully saturated rings. The van der Waals surface area contributed by atoms with Crippen molar-refractivity contribution in [1.29, 1.82) is 0 Å². The minimum Gasteiger partial charge on any atom is -0.497 e. The number of hydrogen-bond donors (Lipinski definition) is 2. The minimum absolute atomic E-state index is 0.118. The number of carbonyl (C=O) groups is 1. The van der Waals surface area contributed by atoms with Gasteiger partial charge in [-0.3, -0.25) is 4.79 Å². The van der Waals surface area contributed by atoms with Gasteiger partial charge < -0.3 is 20.1 Å². The van der Waals surface area contributed by atoms with E-state index in [1.54, 1.807) is 43.6 Å². The van der Waals surface area contributed by atoms with Crippen molar-refractivity contribution in [1.82, 2.24) is 4.98 Å².